The number of hydrogen-bond donors (Lipinski definition) is 2. The Morgan fingerprint density at radius 3 is 2.91 bits per heavy atom. The van der Waals surface area contributed by atoms with Gasteiger partial charge in [0.25, 0.3) is 0 Å². The summed E-state index contributed by atoms with van der Waals surface area (Å²) >= 11 is 0. The van der Waals surface area contributed by atoms with E-state index in [1.807, 2.05) is 12.1 Å². The average Bonchev–Trinajstić information content (AvgIpc) is 3.32. The molecule has 2 unspecified atom stereocenters. The zero-order chi connectivity index (χ0) is 16.1. The lowest BCUT2D eigenvalue weighted by Gasteiger charge is -2.26. The van der Waals surface area contributed by atoms with E-state index in [2.05, 4.69) is 15.2 Å². The van der Waals surface area contributed by atoms with Crippen LogP contribution >= 0.6 is 0 Å². The first kappa shape index (κ1) is 16.2. The minimum Gasteiger partial charge on any atom is -0.379 e. The second kappa shape index (κ2) is 7.75. The number of hydrogen-bond acceptors (Lipinski definition) is 3. The fraction of sp³-hybridized carbons (Fsp3) is 0.588. The van der Waals surface area contributed by atoms with Crippen molar-refractivity contribution in [2.45, 2.75) is 24.8 Å². The average molecular weight is 320 g/mol. The lowest BCUT2D eigenvalue weighted by molar-refractivity contribution is 0.0377. The van der Waals surface area contributed by atoms with E-state index in [0.717, 1.165) is 51.3 Å². The first-order chi connectivity index (χ1) is 11.2. The molecule has 1 saturated carbocycles. The van der Waals surface area contributed by atoms with Crippen LogP contribution in [0.2, 0.25) is 0 Å². The first-order valence-electron chi connectivity index (χ1n) is 8.35. The van der Waals surface area contributed by atoms with Crippen molar-refractivity contribution in [3.63, 3.8) is 0 Å². The molecular weight excluding hydrogens is 295 g/mol. The van der Waals surface area contributed by atoms with E-state index in [1.54, 1.807) is 6.07 Å². The smallest absolute Gasteiger partial charge is 0.188 e. The highest BCUT2D eigenvalue weighted by molar-refractivity contribution is 5.78. The zero-order valence-electron chi connectivity index (χ0n) is 13.4. The molecular formula is C17H25FN4O. The van der Waals surface area contributed by atoms with Gasteiger partial charge in [-0.3, -0.25) is 9.89 Å². The molecule has 0 spiro atoms. The van der Waals surface area contributed by atoms with Gasteiger partial charge in [-0.25, -0.2) is 4.39 Å². The quantitative estimate of drug-likeness (QED) is 0.471. The number of aliphatic imine (C=N–C) groups is 1. The van der Waals surface area contributed by atoms with Gasteiger partial charge in [0.2, 0.25) is 0 Å². The minimum absolute atomic E-state index is 0.136. The summed E-state index contributed by atoms with van der Waals surface area (Å²) in [4.78, 5) is 6.76. The van der Waals surface area contributed by atoms with Gasteiger partial charge in [-0.1, -0.05) is 18.2 Å². The van der Waals surface area contributed by atoms with Crippen molar-refractivity contribution in [1.82, 2.24) is 10.2 Å². The lowest BCUT2D eigenvalue weighted by Crippen LogP contribution is -2.37. The number of nitrogens with one attached hydrogen (secondary N) is 1. The Morgan fingerprint density at radius 2 is 2.13 bits per heavy atom. The Balaban J connectivity index is 1.36. The standard InChI is InChI=1S/C17H25FN4O/c18-15-5-2-1-4-13(15)14-12-16(14)21-17(19)20-6-3-7-22-8-10-23-11-9-22/h1-2,4-5,14,16H,3,6-12H2,(H3,19,20,21). The SMILES string of the molecule is NC(=NCCCN1CCOCC1)NC1CC1c1ccccc1F. The molecule has 2 atom stereocenters. The number of ether oxygens (including phenoxy) is 1. The molecule has 3 rings (SSSR count). The van der Waals surface area contributed by atoms with Crippen LogP contribution in [0.3, 0.4) is 0 Å². The molecule has 0 amide bonds. The highest BCUT2D eigenvalue weighted by Gasteiger charge is 2.40. The van der Waals surface area contributed by atoms with E-state index in [0.29, 0.717) is 12.5 Å². The van der Waals surface area contributed by atoms with Crippen molar-refractivity contribution < 1.29 is 9.13 Å². The van der Waals surface area contributed by atoms with Crippen molar-refractivity contribution in [2.24, 2.45) is 10.7 Å². The monoisotopic (exact) mass is 320 g/mol. The van der Waals surface area contributed by atoms with Gasteiger partial charge in [-0.05, 0) is 24.5 Å². The van der Waals surface area contributed by atoms with Crippen LogP contribution in [0.15, 0.2) is 29.3 Å². The summed E-state index contributed by atoms with van der Waals surface area (Å²) in [6.07, 6.45) is 1.90. The van der Waals surface area contributed by atoms with Crippen LogP contribution in [0.5, 0.6) is 0 Å². The topological polar surface area (TPSA) is 62.9 Å². The third-order valence-corrected chi connectivity index (χ3v) is 4.45. The number of morpholine rings is 1. The van der Waals surface area contributed by atoms with E-state index in [9.17, 15) is 4.39 Å². The number of rotatable bonds is 6. The summed E-state index contributed by atoms with van der Waals surface area (Å²) in [5, 5.41) is 3.20. The van der Waals surface area contributed by atoms with Gasteiger partial charge in [0.1, 0.15) is 5.82 Å². The summed E-state index contributed by atoms with van der Waals surface area (Å²) in [6, 6.07) is 7.14. The van der Waals surface area contributed by atoms with Gasteiger partial charge in [0, 0.05) is 38.1 Å². The van der Waals surface area contributed by atoms with Gasteiger partial charge >= 0.3 is 0 Å². The van der Waals surface area contributed by atoms with Crippen LogP contribution in [0.1, 0.15) is 24.3 Å². The molecule has 126 valence electrons. The van der Waals surface area contributed by atoms with Gasteiger partial charge in [0.05, 0.1) is 13.2 Å². The zero-order valence-corrected chi connectivity index (χ0v) is 13.4. The van der Waals surface area contributed by atoms with Gasteiger partial charge in [-0.2, -0.15) is 0 Å². The molecule has 1 saturated heterocycles. The van der Waals surface area contributed by atoms with Crippen LogP contribution in [-0.4, -0.2) is 56.3 Å². The molecule has 2 aliphatic rings. The van der Waals surface area contributed by atoms with Crippen molar-refractivity contribution >= 4 is 5.96 Å². The Bertz CT molecular complexity index is 545. The molecule has 0 bridgehead atoms. The van der Waals surface area contributed by atoms with Crippen molar-refractivity contribution in [3.05, 3.63) is 35.6 Å². The van der Waals surface area contributed by atoms with Gasteiger partial charge < -0.3 is 15.8 Å². The summed E-state index contributed by atoms with van der Waals surface area (Å²) in [5.74, 6) is 0.539. The Hall–Kier alpha value is -1.66. The van der Waals surface area contributed by atoms with E-state index < -0.39 is 0 Å². The summed E-state index contributed by atoms with van der Waals surface area (Å²) < 4.78 is 19.0. The molecule has 0 radical (unpaired) electrons. The fourth-order valence-corrected chi connectivity index (χ4v) is 3.03. The van der Waals surface area contributed by atoms with Crippen LogP contribution in [0, 0.1) is 5.82 Å². The van der Waals surface area contributed by atoms with Gasteiger partial charge in [-0.15, -0.1) is 0 Å². The Kier molecular flexibility index (Phi) is 5.46. The number of nitrogens with zero attached hydrogens (tertiary/aromatic N) is 2. The third-order valence-electron chi connectivity index (χ3n) is 4.45. The van der Waals surface area contributed by atoms with E-state index in [4.69, 9.17) is 10.5 Å². The maximum atomic E-state index is 13.7. The molecule has 1 aliphatic heterocycles. The molecule has 5 nitrogen and oxygen atoms in total. The molecule has 23 heavy (non-hydrogen) atoms. The first-order valence-corrected chi connectivity index (χ1v) is 8.35. The molecule has 6 heteroatoms. The van der Waals surface area contributed by atoms with E-state index in [-0.39, 0.29) is 17.8 Å². The minimum atomic E-state index is -0.136. The lowest BCUT2D eigenvalue weighted by atomic mass is 10.1. The van der Waals surface area contributed by atoms with Gasteiger partial charge in [0.15, 0.2) is 5.96 Å². The number of halogens is 1. The van der Waals surface area contributed by atoms with Crippen LogP contribution in [0.25, 0.3) is 0 Å². The van der Waals surface area contributed by atoms with E-state index >= 15 is 0 Å². The molecule has 0 aromatic heterocycles. The second-order valence-electron chi connectivity index (χ2n) is 6.19. The fourth-order valence-electron chi connectivity index (χ4n) is 3.03. The molecule has 1 aliphatic carbocycles. The second-order valence-corrected chi connectivity index (χ2v) is 6.19. The number of guanidine groups is 1. The maximum Gasteiger partial charge on any atom is 0.188 e. The van der Waals surface area contributed by atoms with Crippen molar-refractivity contribution in [1.29, 1.82) is 0 Å². The summed E-state index contributed by atoms with van der Waals surface area (Å²) in [6.45, 7) is 5.40. The van der Waals surface area contributed by atoms with Crippen molar-refractivity contribution in [2.75, 3.05) is 39.4 Å². The van der Waals surface area contributed by atoms with E-state index in [1.165, 1.54) is 6.07 Å². The Morgan fingerprint density at radius 1 is 1.35 bits per heavy atom. The summed E-state index contributed by atoms with van der Waals surface area (Å²) in [5.41, 5.74) is 6.69. The van der Waals surface area contributed by atoms with Crippen LogP contribution in [0.4, 0.5) is 4.39 Å². The summed E-state index contributed by atoms with van der Waals surface area (Å²) in [7, 11) is 0. The predicted molar refractivity (Wildman–Crippen MR) is 89.0 cm³/mol. The largest absolute Gasteiger partial charge is 0.379 e. The number of nitrogens with two attached hydrogens (primary N) is 1. The van der Waals surface area contributed by atoms with Crippen LogP contribution < -0.4 is 11.1 Å². The Labute approximate surface area is 136 Å². The molecule has 1 aromatic carbocycles. The molecule has 3 N–H and O–H groups in total. The molecule has 1 aromatic rings. The van der Waals surface area contributed by atoms with Crippen LogP contribution in [-0.2, 0) is 4.74 Å². The predicted octanol–water partition coefficient (Wildman–Crippen LogP) is 1.31. The van der Waals surface area contributed by atoms with Crippen molar-refractivity contribution in [3.8, 4) is 0 Å². The molecule has 2 fully saturated rings. The molecule has 1 heterocycles. The highest BCUT2D eigenvalue weighted by atomic mass is 19.1. The number of benzene rings is 1. The maximum absolute atomic E-state index is 13.7. The third kappa shape index (κ3) is 4.65. The normalized spacial score (nSPS) is 25.3. The highest BCUT2D eigenvalue weighted by Crippen LogP contribution is 2.41.